The Labute approximate surface area is 228 Å². The van der Waals surface area contributed by atoms with E-state index < -0.39 is 23.6 Å². The zero-order valence-electron chi connectivity index (χ0n) is 22.5. The maximum Gasteiger partial charge on any atom is 0.257 e. The number of hydrogen-bond donors (Lipinski definition) is 1. The summed E-state index contributed by atoms with van der Waals surface area (Å²) in [5.74, 6) is -2.02. The molecule has 1 unspecified atom stereocenters. The second-order valence-electron chi connectivity index (χ2n) is 10.4. The molecule has 0 aliphatic carbocycles. The predicted octanol–water partition coefficient (Wildman–Crippen LogP) is 7.05. The third kappa shape index (κ3) is 6.19. The van der Waals surface area contributed by atoms with Gasteiger partial charge in [0.2, 0.25) is 0 Å². The monoisotopic (exact) mass is 530 g/mol. The second-order valence-corrected chi connectivity index (χ2v) is 10.4. The van der Waals surface area contributed by atoms with Gasteiger partial charge < -0.3 is 9.88 Å². The largest absolute Gasteiger partial charge is 0.340 e. The number of imidazole rings is 1. The number of likely N-dealkylation sites (tertiary alicyclic amines) is 1. The molecular weight excluding hydrogens is 494 g/mol. The van der Waals surface area contributed by atoms with Crippen LogP contribution in [-0.2, 0) is 13.0 Å². The van der Waals surface area contributed by atoms with Crippen molar-refractivity contribution < 1.29 is 13.6 Å². The fourth-order valence-corrected chi connectivity index (χ4v) is 5.51. The number of piperidine rings is 1. The minimum atomic E-state index is -1.11. The summed E-state index contributed by atoms with van der Waals surface area (Å²) in [6.07, 6.45) is 5.79. The van der Waals surface area contributed by atoms with Gasteiger partial charge in [0.1, 0.15) is 5.82 Å². The second kappa shape index (κ2) is 12.5. The van der Waals surface area contributed by atoms with Gasteiger partial charge in [-0.25, -0.2) is 13.8 Å². The molecule has 3 aromatic carbocycles. The smallest absolute Gasteiger partial charge is 0.257 e. The zero-order valence-corrected chi connectivity index (χ0v) is 22.5. The summed E-state index contributed by atoms with van der Waals surface area (Å²) in [5, 5.41) is 0. The summed E-state index contributed by atoms with van der Waals surface area (Å²) in [6.45, 7) is 5.48. The van der Waals surface area contributed by atoms with E-state index in [-0.39, 0.29) is 5.56 Å². The molecule has 7 heteroatoms. The highest BCUT2D eigenvalue weighted by atomic mass is 19.2. The minimum absolute atomic E-state index is 0.256. The van der Waals surface area contributed by atoms with Crippen LogP contribution in [0, 0.1) is 11.6 Å². The SMILES string of the molecule is CCCCN(C(=O)c1cccc(F)c1F)C(Cc1ccccc1CN1CCCCC1)c1nc2ccccc2[nH]1. The lowest BCUT2D eigenvalue weighted by Gasteiger charge is -2.32. The van der Waals surface area contributed by atoms with E-state index in [2.05, 4.69) is 35.0 Å². The van der Waals surface area contributed by atoms with Gasteiger partial charge in [-0.2, -0.15) is 0 Å². The van der Waals surface area contributed by atoms with Crippen LogP contribution < -0.4 is 0 Å². The number of unbranched alkanes of at least 4 members (excludes halogenated alkanes) is 1. The number of amides is 1. The number of para-hydroxylation sites is 2. The number of halogens is 2. The van der Waals surface area contributed by atoms with Gasteiger partial charge in [0, 0.05) is 19.5 Å². The average molecular weight is 531 g/mol. The highest BCUT2D eigenvalue weighted by molar-refractivity contribution is 5.95. The van der Waals surface area contributed by atoms with Crippen molar-refractivity contribution in [3.63, 3.8) is 0 Å². The first-order chi connectivity index (χ1) is 19.0. The highest BCUT2D eigenvalue weighted by Crippen LogP contribution is 2.30. The molecule has 1 fully saturated rings. The van der Waals surface area contributed by atoms with Crippen LogP contribution in [0.25, 0.3) is 11.0 Å². The van der Waals surface area contributed by atoms with Crippen molar-refractivity contribution in [2.45, 2.75) is 58.0 Å². The lowest BCUT2D eigenvalue weighted by atomic mass is 9.97. The normalized spacial score (nSPS) is 14.9. The van der Waals surface area contributed by atoms with E-state index in [4.69, 9.17) is 4.98 Å². The number of fused-ring (bicyclic) bond motifs is 1. The van der Waals surface area contributed by atoms with Crippen molar-refractivity contribution in [2.24, 2.45) is 0 Å². The van der Waals surface area contributed by atoms with Crippen LogP contribution in [0.2, 0.25) is 0 Å². The number of aromatic amines is 1. The number of aromatic nitrogens is 2. The standard InChI is InChI=1S/C32H36F2N4O/c1-2-3-20-38(32(39)25-14-11-15-26(33)30(25)34)29(31-35-27-16-7-8-17-28(27)36-31)21-23-12-5-6-13-24(23)22-37-18-9-4-10-19-37/h5-8,11-17,29H,2-4,9-10,18-22H2,1H3,(H,35,36). The van der Waals surface area contributed by atoms with Gasteiger partial charge in [0.25, 0.3) is 5.91 Å². The van der Waals surface area contributed by atoms with Crippen molar-refractivity contribution in [1.82, 2.24) is 19.8 Å². The van der Waals surface area contributed by atoms with Crippen LogP contribution in [0.15, 0.2) is 66.7 Å². The van der Waals surface area contributed by atoms with Gasteiger partial charge in [-0.05, 0) is 67.7 Å². The van der Waals surface area contributed by atoms with E-state index in [1.54, 1.807) is 4.90 Å². The molecular formula is C32H36F2N4O. The maximum atomic E-state index is 14.9. The lowest BCUT2D eigenvalue weighted by molar-refractivity contribution is 0.0657. The van der Waals surface area contributed by atoms with Gasteiger partial charge in [-0.15, -0.1) is 0 Å². The van der Waals surface area contributed by atoms with Gasteiger partial charge in [0.15, 0.2) is 11.6 Å². The van der Waals surface area contributed by atoms with Crippen LogP contribution >= 0.6 is 0 Å². The molecule has 1 aliphatic heterocycles. The molecule has 5 rings (SSSR count). The van der Waals surface area contributed by atoms with E-state index in [0.717, 1.165) is 55.1 Å². The van der Waals surface area contributed by atoms with Crippen molar-refractivity contribution in [1.29, 1.82) is 0 Å². The molecule has 1 saturated heterocycles. The molecule has 2 heterocycles. The molecule has 0 spiro atoms. The van der Waals surface area contributed by atoms with Crippen molar-refractivity contribution >= 4 is 16.9 Å². The summed E-state index contributed by atoms with van der Waals surface area (Å²) in [6, 6.07) is 19.4. The number of carbonyl (C=O) groups is 1. The van der Waals surface area contributed by atoms with Crippen LogP contribution in [0.5, 0.6) is 0 Å². The molecule has 1 atom stereocenters. The Morgan fingerprint density at radius 1 is 0.974 bits per heavy atom. The van der Waals surface area contributed by atoms with E-state index in [1.807, 2.05) is 30.3 Å². The first kappa shape index (κ1) is 27.0. The van der Waals surface area contributed by atoms with Crippen molar-refractivity contribution in [3.05, 3.63) is 101 Å². The number of rotatable bonds is 10. The van der Waals surface area contributed by atoms with Crippen molar-refractivity contribution in [3.8, 4) is 0 Å². The Kier molecular flexibility index (Phi) is 8.67. The Morgan fingerprint density at radius 2 is 1.72 bits per heavy atom. The van der Waals surface area contributed by atoms with E-state index in [0.29, 0.717) is 18.8 Å². The van der Waals surface area contributed by atoms with E-state index >= 15 is 0 Å². The van der Waals surface area contributed by atoms with Gasteiger partial charge in [0.05, 0.1) is 22.6 Å². The summed E-state index contributed by atoms with van der Waals surface area (Å²) >= 11 is 0. The molecule has 1 amide bonds. The van der Waals surface area contributed by atoms with Crippen LogP contribution in [0.3, 0.4) is 0 Å². The quantitative estimate of drug-likeness (QED) is 0.239. The third-order valence-corrected chi connectivity index (χ3v) is 7.67. The summed E-state index contributed by atoms with van der Waals surface area (Å²) < 4.78 is 29.0. The zero-order chi connectivity index (χ0) is 27.2. The summed E-state index contributed by atoms with van der Waals surface area (Å²) in [7, 11) is 0. The average Bonchev–Trinajstić information content (AvgIpc) is 3.39. The lowest BCUT2D eigenvalue weighted by Crippen LogP contribution is -2.38. The molecule has 0 saturated carbocycles. The first-order valence-corrected chi connectivity index (χ1v) is 14.0. The number of nitrogens with zero attached hydrogens (tertiary/aromatic N) is 3. The molecule has 39 heavy (non-hydrogen) atoms. The molecule has 5 nitrogen and oxygen atoms in total. The molecule has 0 bridgehead atoms. The molecule has 1 aromatic heterocycles. The highest BCUT2D eigenvalue weighted by Gasteiger charge is 2.31. The molecule has 1 N–H and O–H groups in total. The number of hydrogen-bond acceptors (Lipinski definition) is 3. The molecule has 4 aromatic rings. The molecule has 1 aliphatic rings. The number of nitrogens with one attached hydrogen (secondary N) is 1. The van der Waals surface area contributed by atoms with Crippen LogP contribution in [0.1, 0.15) is 72.4 Å². The molecule has 204 valence electrons. The van der Waals surface area contributed by atoms with Crippen LogP contribution in [0.4, 0.5) is 8.78 Å². The Morgan fingerprint density at radius 3 is 2.49 bits per heavy atom. The van der Waals surface area contributed by atoms with Gasteiger partial charge in [-0.1, -0.05) is 62.2 Å². The number of carbonyl (C=O) groups excluding carboxylic acids is 1. The summed E-state index contributed by atoms with van der Waals surface area (Å²) in [5.41, 5.74) is 3.77. The molecule has 0 radical (unpaired) electrons. The fraction of sp³-hybridized carbons (Fsp3) is 0.375. The van der Waals surface area contributed by atoms with Gasteiger partial charge >= 0.3 is 0 Å². The van der Waals surface area contributed by atoms with E-state index in [1.165, 1.54) is 37.0 Å². The number of benzene rings is 3. The van der Waals surface area contributed by atoms with Gasteiger partial charge in [-0.3, -0.25) is 9.69 Å². The van der Waals surface area contributed by atoms with Crippen molar-refractivity contribution in [2.75, 3.05) is 19.6 Å². The van der Waals surface area contributed by atoms with Crippen LogP contribution in [-0.4, -0.2) is 45.3 Å². The Balaban J connectivity index is 1.56. The minimum Gasteiger partial charge on any atom is -0.340 e. The first-order valence-electron chi connectivity index (χ1n) is 14.0. The Hall–Kier alpha value is -3.58. The number of H-pyrrole nitrogens is 1. The third-order valence-electron chi connectivity index (χ3n) is 7.67. The topological polar surface area (TPSA) is 52.2 Å². The fourth-order valence-electron chi connectivity index (χ4n) is 5.51. The predicted molar refractivity (Wildman–Crippen MR) is 150 cm³/mol. The Bertz CT molecular complexity index is 1380. The maximum absolute atomic E-state index is 14.9. The summed E-state index contributed by atoms with van der Waals surface area (Å²) in [4.78, 5) is 26.4. The van der Waals surface area contributed by atoms with E-state index in [9.17, 15) is 13.6 Å².